The van der Waals surface area contributed by atoms with Gasteiger partial charge in [-0.25, -0.2) is 4.98 Å². The van der Waals surface area contributed by atoms with Gasteiger partial charge in [-0.1, -0.05) is 0 Å². The lowest BCUT2D eigenvalue weighted by atomic mass is 9.77. The number of alkyl halides is 1. The lowest BCUT2D eigenvalue weighted by molar-refractivity contribution is 0.0392. The number of aryl methyl sites for hydroxylation is 1. The zero-order valence-corrected chi connectivity index (χ0v) is 10.9. The lowest BCUT2D eigenvalue weighted by Gasteiger charge is -2.31. The van der Waals surface area contributed by atoms with E-state index < -0.39 is 0 Å². The second kappa shape index (κ2) is 4.25. The minimum Gasteiger partial charge on any atom is -0.377 e. The summed E-state index contributed by atoms with van der Waals surface area (Å²) in [6.07, 6.45) is 6.46. The number of nitrogens with zero attached hydrogens (tertiary/aromatic N) is 3. The van der Waals surface area contributed by atoms with Crippen molar-refractivity contribution in [1.82, 2.24) is 14.8 Å². The van der Waals surface area contributed by atoms with E-state index in [9.17, 15) is 0 Å². The van der Waals surface area contributed by atoms with Gasteiger partial charge in [0.05, 0.1) is 6.10 Å². The van der Waals surface area contributed by atoms with Crippen molar-refractivity contribution in [3.05, 3.63) is 12.2 Å². The van der Waals surface area contributed by atoms with E-state index in [1.807, 2.05) is 11.7 Å². The summed E-state index contributed by atoms with van der Waals surface area (Å²) >= 11 is 6.26. The van der Waals surface area contributed by atoms with Gasteiger partial charge in [0.1, 0.15) is 12.2 Å². The summed E-state index contributed by atoms with van der Waals surface area (Å²) in [7, 11) is 1.94. The molecule has 3 rings (SSSR count). The van der Waals surface area contributed by atoms with Crippen LogP contribution in [-0.2, 0) is 18.2 Å². The largest absolute Gasteiger partial charge is 0.377 e. The van der Waals surface area contributed by atoms with Gasteiger partial charge >= 0.3 is 0 Å². The molecule has 94 valence electrons. The summed E-state index contributed by atoms with van der Waals surface area (Å²) in [5.41, 5.74) is 0.0729. The summed E-state index contributed by atoms with van der Waals surface area (Å²) in [4.78, 5) is 4.32. The van der Waals surface area contributed by atoms with Crippen molar-refractivity contribution in [3.63, 3.8) is 0 Å². The highest BCUT2D eigenvalue weighted by Gasteiger charge is 2.51. The van der Waals surface area contributed by atoms with Crippen LogP contribution >= 0.6 is 11.6 Å². The number of rotatable bonds is 4. The summed E-state index contributed by atoms with van der Waals surface area (Å²) in [5.74, 6) is 2.40. The maximum absolute atomic E-state index is 6.26. The molecule has 0 bridgehead atoms. The van der Waals surface area contributed by atoms with Crippen molar-refractivity contribution in [3.8, 4) is 0 Å². The number of halogens is 1. The highest BCUT2D eigenvalue weighted by molar-refractivity contribution is 6.18. The van der Waals surface area contributed by atoms with E-state index in [-0.39, 0.29) is 5.41 Å². The molecule has 2 atom stereocenters. The van der Waals surface area contributed by atoms with E-state index in [0.29, 0.717) is 12.0 Å². The summed E-state index contributed by atoms with van der Waals surface area (Å²) in [6.45, 7) is 0.839. The van der Waals surface area contributed by atoms with Crippen LogP contribution in [0.5, 0.6) is 0 Å². The predicted octanol–water partition coefficient (Wildman–Crippen LogP) is 1.78. The van der Waals surface area contributed by atoms with Crippen LogP contribution < -0.4 is 0 Å². The smallest absolute Gasteiger partial charge is 0.138 e. The van der Waals surface area contributed by atoms with Crippen LogP contribution in [0.4, 0.5) is 0 Å². The van der Waals surface area contributed by atoms with Crippen LogP contribution in [-0.4, -0.2) is 33.4 Å². The Hall–Kier alpha value is -0.610. The molecule has 1 saturated heterocycles. The van der Waals surface area contributed by atoms with Crippen molar-refractivity contribution in [2.45, 2.75) is 31.8 Å². The molecule has 4 nitrogen and oxygen atoms in total. The van der Waals surface area contributed by atoms with Gasteiger partial charge in [-0.05, 0) is 25.2 Å². The maximum Gasteiger partial charge on any atom is 0.138 e. The topological polar surface area (TPSA) is 39.9 Å². The van der Waals surface area contributed by atoms with Crippen molar-refractivity contribution in [2.75, 3.05) is 12.5 Å². The van der Waals surface area contributed by atoms with Gasteiger partial charge in [-0.3, -0.25) is 4.68 Å². The molecule has 0 radical (unpaired) electrons. The van der Waals surface area contributed by atoms with E-state index in [2.05, 4.69) is 10.1 Å². The van der Waals surface area contributed by atoms with Gasteiger partial charge in [0.15, 0.2) is 0 Å². The Balaban J connectivity index is 1.83. The molecule has 0 spiro atoms. The van der Waals surface area contributed by atoms with Gasteiger partial charge in [0.25, 0.3) is 0 Å². The average Bonchev–Trinajstić information content (AvgIpc) is 2.98. The molecule has 17 heavy (non-hydrogen) atoms. The van der Waals surface area contributed by atoms with Crippen LogP contribution in [0, 0.1) is 11.3 Å². The van der Waals surface area contributed by atoms with E-state index in [4.69, 9.17) is 16.3 Å². The summed E-state index contributed by atoms with van der Waals surface area (Å²) < 4.78 is 7.77. The molecular weight excluding hydrogens is 238 g/mol. The minimum absolute atomic E-state index is 0.0729. The van der Waals surface area contributed by atoms with Crippen LogP contribution in [0.2, 0.25) is 0 Å². The number of ether oxygens (including phenoxy) is 1. The molecule has 2 heterocycles. The highest BCUT2D eigenvalue weighted by atomic mass is 35.5. The third kappa shape index (κ3) is 1.97. The van der Waals surface area contributed by atoms with Crippen LogP contribution in [0.15, 0.2) is 6.33 Å². The molecule has 2 aliphatic rings. The zero-order chi connectivity index (χ0) is 11.9. The van der Waals surface area contributed by atoms with E-state index in [1.54, 1.807) is 6.33 Å². The van der Waals surface area contributed by atoms with E-state index in [1.165, 1.54) is 12.8 Å². The van der Waals surface area contributed by atoms with Crippen molar-refractivity contribution in [1.29, 1.82) is 0 Å². The number of hydrogen-bond acceptors (Lipinski definition) is 3. The van der Waals surface area contributed by atoms with Gasteiger partial charge < -0.3 is 4.74 Å². The SMILES string of the molecule is Cn1ncnc1CC1(CCl)CCOC1C1CC1. The van der Waals surface area contributed by atoms with E-state index >= 15 is 0 Å². The first-order valence-electron chi connectivity index (χ1n) is 6.26. The molecule has 0 amide bonds. The van der Waals surface area contributed by atoms with Gasteiger partial charge in [-0.2, -0.15) is 5.10 Å². The first kappa shape index (κ1) is 11.5. The molecule has 0 N–H and O–H groups in total. The molecule has 1 aromatic rings. The lowest BCUT2D eigenvalue weighted by Crippen LogP contribution is -2.37. The molecular formula is C12H18ClN3O. The third-order valence-corrected chi connectivity index (χ3v) is 4.66. The molecule has 5 heteroatoms. The van der Waals surface area contributed by atoms with Crippen LogP contribution in [0.25, 0.3) is 0 Å². The fraction of sp³-hybridized carbons (Fsp3) is 0.833. The maximum atomic E-state index is 6.26. The molecule has 1 aliphatic carbocycles. The van der Waals surface area contributed by atoms with Gasteiger partial charge in [0, 0.05) is 31.4 Å². The quantitative estimate of drug-likeness (QED) is 0.770. The molecule has 1 saturated carbocycles. The number of hydrogen-bond donors (Lipinski definition) is 0. The predicted molar refractivity (Wildman–Crippen MR) is 64.9 cm³/mol. The van der Waals surface area contributed by atoms with E-state index in [0.717, 1.165) is 31.2 Å². The fourth-order valence-electron chi connectivity index (χ4n) is 2.92. The number of aromatic nitrogens is 3. The normalized spacial score (nSPS) is 33.2. The van der Waals surface area contributed by atoms with Crippen LogP contribution in [0.1, 0.15) is 25.1 Å². The Morgan fingerprint density at radius 1 is 1.59 bits per heavy atom. The van der Waals surface area contributed by atoms with Crippen molar-refractivity contribution in [2.24, 2.45) is 18.4 Å². The summed E-state index contributed by atoms with van der Waals surface area (Å²) in [5, 5.41) is 4.13. The van der Waals surface area contributed by atoms with Gasteiger partial charge in [0.2, 0.25) is 0 Å². The van der Waals surface area contributed by atoms with Gasteiger partial charge in [-0.15, -0.1) is 11.6 Å². The Labute approximate surface area is 106 Å². The van der Waals surface area contributed by atoms with Crippen molar-refractivity contribution >= 4 is 11.6 Å². The molecule has 1 aliphatic heterocycles. The minimum atomic E-state index is 0.0729. The molecule has 0 aromatic carbocycles. The average molecular weight is 256 g/mol. The zero-order valence-electron chi connectivity index (χ0n) is 10.1. The molecule has 1 aromatic heterocycles. The Kier molecular flexibility index (Phi) is 2.87. The Morgan fingerprint density at radius 3 is 3.00 bits per heavy atom. The Bertz CT molecular complexity index is 404. The second-order valence-corrected chi connectivity index (χ2v) is 5.62. The van der Waals surface area contributed by atoms with Crippen molar-refractivity contribution < 1.29 is 4.74 Å². The third-order valence-electron chi connectivity index (χ3n) is 4.13. The monoisotopic (exact) mass is 255 g/mol. The first-order chi connectivity index (χ1) is 8.25. The highest BCUT2D eigenvalue weighted by Crippen LogP contribution is 2.49. The summed E-state index contributed by atoms with van der Waals surface area (Å²) in [6, 6.07) is 0. The molecule has 2 fully saturated rings. The second-order valence-electron chi connectivity index (χ2n) is 5.35. The molecule has 2 unspecified atom stereocenters. The standard InChI is InChI=1S/C12H18ClN3O/c1-16-10(14-8-15-16)6-12(7-13)4-5-17-11(12)9-2-3-9/h8-9,11H,2-7H2,1H3. The fourth-order valence-corrected chi connectivity index (χ4v) is 3.30. The van der Waals surface area contributed by atoms with Crippen LogP contribution in [0.3, 0.4) is 0 Å². The first-order valence-corrected chi connectivity index (χ1v) is 6.79. The Morgan fingerprint density at radius 2 is 2.41 bits per heavy atom.